The molecule has 0 unspecified atom stereocenters. The molecule has 11 heteroatoms. The van der Waals surface area contributed by atoms with Crippen LogP contribution in [0.3, 0.4) is 0 Å². The monoisotopic (exact) mass is 408 g/mol. The van der Waals surface area contributed by atoms with Gasteiger partial charge >= 0.3 is 15.2 Å². The summed E-state index contributed by atoms with van der Waals surface area (Å²) in [7, 11) is -6.12. The van der Waals surface area contributed by atoms with E-state index in [2.05, 4.69) is 9.47 Å². The number of methoxy groups -OCH3 is 2. The molecule has 4 N–H and O–H groups in total. The molecular weight excluding hydrogens is 374 g/mol. The van der Waals surface area contributed by atoms with Crippen molar-refractivity contribution in [1.82, 2.24) is 0 Å². The van der Waals surface area contributed by atoms with Crippen molar-refractivity contribution >= 4 is 15.2 Å². The Morgan fingerprint density at radius 1 is 0.760 bits per heavy atom. The van der Waals surface area contributed by atoms with Gasteiger partial charge in [0.15, 0.2) is 17.0 Å². The summed E-state index contributed by atoms with van der Waals surface area (Å²) in [6.07, 6.45) is -0.194. The normalized spacial score (nSPS) is 13.6. The summed E-state index contributed by atoms with van der Waals surface area (Å²) in [4.78, 5) is 37.9. The second kappa shape index (κ2) is 11.1. The van der Waals surface area contributed by atoms with Crippen LogP contribution in [0.25, 0.3) is 0 Å². The SMILES string of the molecule is CCC(CC)(OC(CC)(CC)P(=O)(O)O)P(=O)(O)O.COC(C)OC. The van der Waals surface area contributed by atoms with Crippen molar-refractivity contribution in [2.24, 2.45) is 0 Å². The molecule has 0 aromatic carbocycles. The van der Waals surface area contributed by atoms with Crippen LogP contribution in [-0.2, 0) is 23.3 Å². The Bertz CT molecular complexity index is 409. The Morgan fingerprint density at radius 2 is 1.00 bits per heavy atom. The Labute approximate surface area is 150 Å². The van der Waals surface area contributed by atoms with E-state index in [0.29, 0.717) is 0 Å². The van der Waals surface area contributed by atoms with Crippen molar-refractivity contribution < 1.29 is 42.9 Å². The maximum atomic E-state index is 11.7. The van der Waals surface area contributed by atoms with Gasteiger partial charge in [0.1, 0.15) is 0 Å². The van der Waals surface area contributed by atoms with E-state index in [4.69, 9.17) is 4.74 Å². The molecule has 0 aromatic heterocycles. The Kier molecular flexibility index (Phi) is 12.2. The number of hydrogen-bond acceptors (Lipinski definition) is 5. The van der Waals surface area contributed by atoms with Gasteiger partial charge < -0.3 is 33.8 Å². The first-order chi connectivity index (χ1) is 11.3. The summed E-state index contributed by atoms with van der Waals surface area (Å²) in [6, 6.07) is 0. The molecule has 0 rings (SSSR count). The number of hydrogen-bond donors (Lipinski definition) is 4. The van der Waals surface area contributed by atoms with E-state index in [1.54, 1.807) is 14.2 Å². The summed E-state index contributed by atoms with van der Waals surface area (Å²) in [5.74, 6) is 0. The quantitative estimate of drug-likeness (QED) is 0.317. The third kappa shape index (κ3) is 7.37. The van der Waals surface area contributed by atoms with Gasteiger partial charge in [0.05, 0.1) is 0 Å². The van der Waals surface area contributed by atoms with Crippen molar-refractivity contribution in [1.29, 1.82) is 0 Å². The molecule has 0 bridgehead atoms. The van der Waals surface area contributed by atoms with Crippen LogP contribution in [0.5, 0.6) is 0 Å². The molecule has 0 spiro atoms. The number of rotatable bonds is 10. The summed E-state index contributed by atoms with van der Waals surface area (Å²) in [5, 5.41) is -3.72. The molecule has 0 saturated carbocycles. The van der Waals surface area contributed by atoms with E-state index < -0.39 is 25.9 Å². The standard InChI is InChI=1S/C10H24O7P2.C4H10O2/c1-5-9(6-2,18(11,12)13)17-10(7-3,8-4)19(14,15)16;1-4(5-2)6-3/h5-8H2,1-4H3,(H2,11,12,13)(H2,14,15,16);4H,1-3H3. The molecule has 0 aliphatic carbocycles. The van der Waals surface area contributed by atoms with Crippen molar-refractivity contribution in [3.63, 3.8) is 0 Å². The first-order valence-corrected chi connectivity index (χ1v) is 11.4. The fraction of sp³-hybridized carbons (Fsp3) is 1.00. The van der Waals surface area contributed by atoms with Crippen molar-refractivity contribution in [3.8, 4) is 0 Å². The topological polar surface area (TPSA) is 143 Å². The lowest BCUT2D eigenvalue weighted by Gasteiger charge is -2.42. The minimum absolute atomic E-state index is 0.0322. The van der Waals surface area contributed by atoms with Crippen LogP contribution in [0, 0.1) is 0 Å². The molecule has 25 heavy (non-hydrogen) atoms. The molecule has 0 radical (unpaired) electrons. The van der Waals surface area contributed by atoms with Gasteiger partial charge in [-0.2, -0.15) is 0 Å². The molecule has 0 aliphatic rings. The largest absolute Gasteiger partial charge is 0.357 e. The summed E-state index contributed by atoms with van der Waals surface area (Å²) in [6.45, 7) is 7.94. The van der Waals surface area contributed by atoms with Crippen molar-refractivity contribution in [2.75, 3.05) is 14.2 Å². The smallest absolute Gasteiger partial charge is 0.356 e. The summed E-state index contributed by atoms with van der Waals surface area (Å²) >= 11 is 0. The van der Waals surface area contributed by atoms with E-state index in [1.807, 2.05) is 6.92 Å². The highest BCUT2D eigenvalue weighted by molar-refractivity contribution is 7.54. The maximum absolute atomic E-state index is 11.7. The maximum Gasteiger partial charge on any atom is 0.357 e. The molecule has 0 fully saturated rings. The van der Waals surface area contributed by atoms with Crippen molar-refractivity contribution in [3.05, 3.63) is 0 Å². The molecule has 0 heterocycles. The van der Waals surface area contributed by atoms with Crippen LogP contribution in [0.2, 0.25) is 0 Å². The van der Waals surface area contributed by atoms with Gasteiger partial charge in [0, 0.05) is 14.2 Å². The molecule has 0 saturated heterocycles. The Balaban J connectivity index is 0. The highest BCUT2D eigenvalue weighted by atomic mass is 31.2. The predicted octanol–water partition coefficient (Wildman–Crippen LogP) is 3.02. The van der Waals surface area contributed by atoms with E-state index in [9.17, 15) is 28.7 Å². The second-order valence-electron chi connectivity index (χ2n) is 5.54. The van der Waals surface area contributed by atoms with Gasteiger partial charge in [0.2, 0.25) is 0 Å². The van der Waals surface area contributed by atoms with Crippen LogP contribution in [-0.4, -0.2) is 50.8 Å². The van der Waals surface area contributed by atoms with Gasteiger partial charge in [-0.05, 0) is 32.6 Å². The van der Waals surface area contributed by atoms with Gasteiger partial charge in [-0.1, -0.05) is 27.7 Å². The fourth-order valence-electron chi connectivity index (χ4n) is 2.18. The van der Waals surface area contributed by atoms with Crippen LogP contribution in [0.1, 0.15) is 60.3 Å². The minimum Gasteiger partial charge on any atom is -0.356 e. The molecule has 0 aliphatic heterocycles. The van der Waals surface area contributed by atoms with E-state index >= 15 is 0 Å². The van der Waals surface area contributed by atoms with Gasteiger partial charge in [-0.3, -0.25) is 9.13 Å². The van der Waals surface area contributed by atoms with Gasteiger partial charge in [0.25, 0.3) is 0 Å². The van der Waals surface area contributed by atoms with Crippen LogP contribution in [0.15, 0.2) is 0 Å². The first-order valence-electron chi connectivity index (χ1n) is 8.13. The Hall–Kier alpha value is 0.180. The average molecular weight is 408 g/mol. The zero-order valence-electron chi connectivity index (χ0n) is 16.1. The van der Waals surface area contributed by atoms with Crippen molar-refractivity contribution in [2.45, 2.75) is 77.3 Å². The van der Waals surface area contributed by atoms with Gasteiger partial charge in [-0.15, -0.1) is 0 Å². The van der Waals surface area contributed by atoms with Crippen LogP contribution < -0.4 is 0 Å². The Morgan fingerprint density at radius 3 is 1.08 bits per heavy atom. The summed E-state index contributed by atoms with van der Waals surface area (Å²) in [5.41, 5.74) is 0. The first kappa shape index (κ1) is 27.4. The summed E-state index contributed by atoms with van der Waals surface area (Å²) < 4.78 is 38.1. The van der Waals surface area contributed by atoms with Crippen LogP contribution in [0.4, 0.5) is 0 Å². The highest BCUT2D eigenvalue weighted by Crippen LogP contribution is 2.63. The third-order valence-corrected chi connectivity index (χ3v) is 7.89. The van der Waals surface area contributed by atoms with E-state index in [1.165, 1.54) is 27.7 Å². The molecule has 0 amide bonds. The predicted molar refractivity (Wildman–Crippen MR) is 95.3 cm³/mol. The lowest BCUT2D eigenvalue weighted by molar-refractivity contribution is -0.0974. The fourth-order valence-corrected chi connectivity index (χ4v) is 4.49. The lowest BCUT2D eigenvalue weighted by Crippen LogP contribution is -2.43. The molecule has 9 nitrogen and oxygen atoms in total. The molecular formula is C14H34O9P2. The van der Waals surface area contributed by atoms with Crippen LogP contribution >= 0.6 is 15.2 Å². The second-order valence-corrected chi connectivity index (χ2v) is 9.34. The lowest BCUT2D eigenvalue weighted by atomic mass is 10.1. The minimum atomic E-state index is -4.66. The van der Waals surface area contributed by atoms with E-state index in [0.717, 1.165) is 0 Å². The molecule has 0 atom stereocenters. The zero-order valence-corrected chi connectivity index (χ0v) is 17.9. The van der Waals surface area contributed by atoms with Gasteiger partial charge in [-0.25, -0.2) is 0 Å². The zero-order chi connectivity index (χ0) is 20.5. The number of ether oxygens (including phenoxy) is 3. The third-order valence-electron chi connectivity index (χ3n) is 4.32. The molecule has 154 valence electrons. The van der Waals surface area contributed by atoms with E-state index in [-0.39, 0.29) is 32.0 Å². The molecule has 0 aromatic rings. The highest BCUT2D eigenvalue weighted by Gasteiger charge is 2.55. The average Bonchev–Trinajstić information content (AvgIpc) is 2.54.